The molecule has 0 unspecified atom stereocenters. The van der Waals surface area contributed by atoms with Gasteiger partial charge in [-0.15, -0.1) is 0 Å². The highest BCUT2D eigenvalue weighted by Crippen LogP contribution is 2.19. The third-order valence-corrected chi connectivity index (χ3v) is 1.97. The lowest BCUT2D eigenvalue weighted by molar-refractivity contribution is -0.0497. The molecule has 0 aliphatic rings. The van der Waals surface area contributed by atoms with Crippen LogP contribution in [0.3, 0.4) is 0 Å². The van der Waals surface area contributed by atoms with Crippen LogP contribution in [0, 0.1) is 0 Å². The predicted octanol–water partition coefficient (Wildman–Crippen LogP) is 1.66. The molecular formula is C8H9F2NO3S. The van der Waals surface area contributed by atoms with Crippen LogP contribution < -0.4 is 9.46 Å². The van der Waals surface area contributed by atoms with Gasteiger partial charge in [0.05, 0.1) is 11.9 Å². The molecule has 0 aliphatic carbocycles. The third kappa shape index (κ3) is 4.59. The number of hydrogen-bond donors (Lipinski definition) is 1. The molecule has 15 heavy (non-hydrogen) atoms. The van der Waals surface area contributed by atoms with Crippen molar-refractivity contribution >= 4 is 15.7 Å². The van der Waals surface area contributed by atoms with E-state index in [0.29, 0.717) is 0 Å². The summed E-state index contributed by atoms with van der Waals surface area (Å²) in [6.45, 7) is -2.93. The van der Waals surface area contributed by atoms with Crippen LogP contribution in [0.5, 0.6) is 5.75 Å². The van der Waals surface area contributed by atoms with Crippen molar-refractivity contribution in [1.82, 2.24) is 0 Å². The number of nitrogens with one attached hydrogen (secondary N) is 1. The summed E-state index contributed by atoms with van der Waals surface area (Å²) in [4.78, 5) is 0. The number of sulfonamides is 1. The molecule has 4 nitrogen and oxygen atoms in total. The van der Waals surface area contributed by atoms with Crippen LogP contribution in [0.25, 0.3) is 0 Å². The highest BCUT2D eigenvalue weighted by Gasteiger charge is 2.06. The van der Waals surface area contributed by atoms with E-state index in [-0.39, 0.29) is 11.4 Å². The predicted molar refractivity (Wildman–Crippen MR) is 51.5 cm³/mol. The maximum absolute atomic E-state index is 11.8. The van der Waals surface area contributed by atoms with Crippen LogP contribution in [0.2, 0.25) is 0 Å². The number of benzene rings is 1. The maximum Gasteiger partial charge on any atom is 0.387 e. The van der Waals surface area contributed by atoms with E-state index in [1.807, 2.05) is 0 Å². The summed E-state index contributed by atoms with van der Waals surface area (Å²) in [5.41, 5.74) is 0.177. The van der Waals surface area contributed by atoms with Crippen molar-refractivity contribution in [3.8, 4) is 5.75 Å². The Morgan fingerprint density at radius 2 is 2.07 bits per heavy atom. The Bertz CT molecular complexity index is 433. The first-order chi connectivity index (χ1) is 6.87. The minimum Gasteiger partial charge on any atom is -0.435 e. The Morgan fingerprint density at radius 1 is 1.40 bits per heavy atom. The van der Waals surface area contributed by atoms with Crippen molar-refractivity contribution in [3.05, 3.63) is 24.3 Å². The Labute approximate surface area is 85.9 Å². The van der Waals surface area contributed by atoms with Gasteiger partial charge in [0, 0.05) is 6.07 Å². The second-order valence-corrected chi connectivity index (χ2v) is 4.53. The van der Waals surface area contributed by atoms with E-state index < -0.39 is 16.6 Å². The van der Waals surface area contributed by atoms with E-state index in [1.165, 1.54) is 24.3 Å². The average Bonchev–Trinajstić information content (AvgIpc) is 1.99. The van der Waals surface area contributed by atoms with Gasteiger partial charge in [0.15, 0.2) is 0 Å². The molecule has 84 valence electrons. The minimum atomic E-state index is -3.42. The minimum absolute atomic E-state index is 0.0985. The summed E-state index contributed by atoms with van der Waals surface area (Å²) in [6, 6.07) is 5.32. The summed E-state index contributed by atoms with van der Waals surface area (Å²) < 4.78 is 51.6. The van der Waals surface area contributed by atoms with Crippen LogP contribution in [0.1, 0.15) is 0 Å². The lowest BCUT2D eigenvalue weighted by Crippen LogP contribution is -2.09. The van der Waals surface area contributed by atoms with E-state index in [4.69, 9.17) is 0 Å². The smallest absolute Gasteiger partial charge is 0.387 e. The Kier molecular flexibility index (Phi) is 3.46. The molecule has 0 atom stereocenters. The molecule has 0 fully saturated rings. The van der Waals surface area contributed by atoms with Crippen molar-refractivity contribution in [2.75, 3.05) is 11.0 Å². The summed E-state index contributed by atoms with van der Waals surface area (Å²) in [6.07, 6.45) is 0.966. The highest BCUT2D eigenvalue weighted by atomic mass is 32.2. The summed E-state index contributed by atoms with van der Waals surface area (Å²) in [5, 5.41) is 0. The van der Waals surface area contributed by atoms with Gasteiger partial charge in [-0.1, -0.05) is 6.07 Å². The molecule has 0 aliphatic heterocycles. The van der Waals surface area contributed by atoms with E-state index in [9.17, 15) is 17.2 Å². The van der Waals surface area contributed by atoms with E-state index in [0.717, 1.165) is 6.26 Å². The molecule has 1 rings (SSSR count). The quantitative estimate of drug-likeness (QED) is 0.866. The third-order valence-electron chi connectivity index (χ3n) is 1.36. The van der Waals surface area contributed by atoms with E-state index in [2.05, 4.69) is 9.46 Å². The van der Waals surface area contributed by atoms with Crippen molar-refractivity contribution in [1.29, 1.82) is 0 Å². The molecule has 0 bridgehead atoms. The molecular weight excluding hydrogens is 228 g/mol. The fraction of sp³-hybridized carbons (Fsp3) is 0.250. The number of anilines is 1. The first-order valence-corrected chi connectivity index (χ1v) is 5.78. The number of ether oxygens (including phenoxy) is 1. The first kappa shape index (κ1) is 11.7. The van der Waals surface area contributed by atoms with E-state index in [1.54, 1.807) is 0 Å². The van der Waals surface area contributed by atoms with Crippen LogP contribution in [-0.4, -0.2) is 21.3 Å². The SMILES string of the molecule is CS(=O)(=O)Nc1cccc(OC(F)F)c1. The fourth-order valence-electron chi connectivity index (χ4n) is 0.950. The zero-order valence-electron chi connectivity index (χ0n) is 7.78. The van der Waals surface area contributed by atoms with Crippen LogP contribution in [-0.2, 0) is 10.0 Å². The Morgan fingerprint density at radius 3 is 2.60 bits per heavy atom. The van der Waals surface area contributed by atoms with Gasteiger partial charge in [0.25, 0.3) is 0 Å². The van der Waals surface area contributed by atoms with Crippen LogP contribution in [0.4, 0.5) is 14.5 Å². The zero-order chi connectivity index (χ0) is 11.5. The molecule has 0 saturated carbocycles. The van der Waals surface area contributed by atoms with Gasteiger partial charge < -0.3 is 4.74 Å². The lowest BCUT2D eigenvalue weighted by Gasteiger charge is -2.07. The zero-order valence-corrected chi connectivity index (χ0v) is 8.59. The molecule has 0 spiro atoms. The number of halogens is 2. The van der Waals surface area contributed by atoms with Gasteiger partial charge >= 0.3 is 6.61 Å². The average molecular weight is 237 g/mol. The van der Waals surface area contributed by atoms with Gasteiger partial charge in [-0.2, -0.15) is 8.78 Å². The first-order valence-electron chi connectivity index (χ1n) is 3.89. The standard InChI is InChI=1S/C8H9F2NO3S/c1-15(12,13)11-6-3-2-4-7(5-6)14-8(9)10/h2-5,8,11H,1H3. The van der Waals surface area contributed by atoms with Crippen molar-refractivity contribution in [2.24, 2.45) is 0 Å². The molecule has 0 radical (unpaired) electrons. The van der Waals surface area contributed by atoms with E-state index >= 15 is 0 Å². The topological polar surface area (TPSA) is 55.4 Å². The summed E-state index contributed by atoms with van der Waals surface area (Å²) in [7, 11) is -3.42. The molecule has 0 saturated heterocycles. The second kappa shape index (κ2) is 4.43. The van der Waals surface area contributed by atoms with Crippen molar-refractivity contribution in [2.45, 2.75) is 6.61 Å². The van der Waals surface area contributed by atoms with Gasteiger partial charge in [-0.3, -0.25) is 4.72 Å². The van der Waals surface area contributed by atoms with Gasteiger partial charge in [-0.05, 0) is 12.1 Å². The molecule has 1 aromatic rings. The molecule has 7 heteroatoms. The molecule has 0 amide bonds. The van der Waals surface area contributed by atoms with Crippen molar-refractivity contribution in [3.63, 3.8) is 0 Å². The normalized spacial score (nSPS) is 11.5. The number of hydrogen-bond acceptors (Lipinski definition) is 3. The Hall–Kier alpha value is -1.37. The monoisotopic (exact) mass is 237 g/mol. The Balaban J connectivity index is 2.83. The number of alkyl halides is 2. The largest absolute Gasteiger partial charge is 0.435 e. The second-order valence-electron chi connectivity index (χ2n) is 2.78. The molecule has 0 aromatic heterocycles. The fourth-order valence-corrected chi connectivity index (χ4v) is 1.50. The molecule has 0 heterocycles. The molecule has 1 N–H and O–H groups in total. The van der Waals surface area contributed by atoms with Gasteiger partial charge in [-0.25, -0.2) is 8.42 Å². The van der Waals surface area contributed by atoms with Gasteiger partial charge in [0.2, 0.25) is 10.0 Å². The summed E-state index contributed by atoms with van der Waals surface area (Å²) >= 11 is 0. The van der Waals surface area contributed by atoms with Crippen molar-refractivity contribution < 1.29 is 21.9 Å². The highest BCUT2D eigenvalue weighted by molar-refractivity contribution is 7.92. The number of rotatable bonds is 4. The summed E-state index contributed by atoms with van der Waals surface area (Å²) in [5.74, 6) is -0.0985. The maximum atomic E-state index is 11.8. The van der Waals surface area contributed by atoms with Crippen LogP contribution >= 0.6 is 0 Å². The van der Waals surface area contributed by atoms with Crippen LogP contribution in [0.15, 0.2) is 24.3 Å². The lowest BCUT2D eigenvalue weighted by atomic mass is 10.3. The molecule has 1 aromatic carbocycles. The van der Waals surface area contributed by atoms with Gasteiger partial charge in [0.1, 0.15) is 5.75 Å².